The van der Waals surface area contributed by atoms with Crippen molar-refractivity contribution in [3.63, 3.8) is 0 Å². The van der Waals surface area contributed by atoms with Crippen molar-refractivity contribution in [3.05, 3.63) is 54.0 Å². The normalized spacial score (nSPS) is 13.0. The molecule has 0 amide bonds. The molecule has 1 fully saturated rings. The van der Waals surface area contributed by atoms with Gasteiger partial charge in [0.25, 0.3) is 12.9 Å². The number of likely N-dealkylation sites (tertiary alicyclic amines) is 1. The van der Waals surface area contributed by atoms with E-state index in [1.807, 2.05) is 12.3 Å². The molecule has 160 valence electrons. The van der Waals surface area contributed by atoms with E-state index >= 15 is 0 Å². The zero-order valence-corrected chi connectivity index (χ0v) is 16.9. The lowest BCUT2D eigenvalue weighted by Crippen LogP contribution is -2.22. The van der Waals surface area contributed by atoms with Crippen LogP contribution in [0.25, 0.3) is 11.0 Å². The number of carboxylic acid groups (broad SMARTS) is 2. The van der Waals surface area contributed by atoms with E-state index in [0.29, 0.717) is 0 Å². The number of hydrogen-bond donors (Lipinski definition) is 3. The van der Waals surface area contributed by atoms with Crippen LogP contribution in [0.1, 0.15) is 24.0 Å². The molecule has 30 heavy (non-hydrogen) atoms. The second-order valence-corrected chi connectivity index (χ2v) is 6.75. The summed E-state index contributed by atoms with van der Waals surface area (Å²) in [6, 6.07) is 10.7. The van der Waals surface area contributed by atoms with E-state index in [0.717, 1.165) is 29.9 Å². The van der Waals surface area contributed by atoms with Gasteiger partial charge in [-0.05, 0) is 43.1 Å². The molecule has 1 aliphatic rings. The Morgan fingerprint density at radius 1 is 1.07 bits per heavy atom. The van der Waals surface area contributed by atoms with Crippen molar-refractivity contribution in [2.24, 2.45) is 0 Å². The number of rotatable bonds is 5. The summed E-state index contributed by atoms with van der Waals surface area (Å²) < 4.78 is 0. The van der Waals surface area contributed by atoms with Crippen molar-refractivity contribution in [2.45, 2.75) is 25.9 Å². The van der Waals surface area contributed by atoms with Gasteiger partial charge in [-0.2, -0.15) is 0 Å². The van der Waals surface area contributed by atoms with Gasteiger partial charge in [0.2, 0.25) is 0 Å². The third-order valence-corrected chi connectivity index (χ3v) is 4.81. The first-order valence-corrected chi connectivity index (χ1v) is 9.58. The standard InChI is InChI=1S/C19H23N5.2CH2O2/c1-23(19-18-17(8-9-20-18)21-14-22-19)12-15-6-2-3-7-16(15)13-24-10-4-5-11-24;2*2-1-3/h2-3,6-9,14,20H,4-5,10-13H2,1H3;2*1H,(H,2,3). The molecule has 0 spiro atoms. The van der Waals surface area contributed by atoms with Crippen molar-refractivity contribution in [1.29, 1.82) is 0 Å². The Hall–Kier alpha value is -3.46. The van der Waals surface area contributed by atoms with Crippen molar-refractivity contribution in [3.8, 4) is 0 Å². The van der Waals surface area contributed by atoms with Crippen molar-refractivity contribution in [1.82, 2.24) is 19.9 Å². The minimum atomic E-state index is -0.250. The summed E-state index contributed by atoms with van der Waals surface area (Å²) in [5.74, 6) is 0.945. The fourth-order valence-electron chi connectivity index (χ4n) is 3.53. The first kappa shape index (κ1) is 22.8. The van der Waals surface area contributed by atoms with E-state index in [1.165, 1.54) is 37.1 Å². The molecular formula is C21H27N5O4. The van der Waals surface area contributed by atoms with E-state index in [-0.39, 0.29) is 12.9 Å². The summed E-state index contributed by atoms with van der Waals surface area (Å²) in [7, 11) is 2.09. The lowest BCUT2D eigenvalue weighted by Gasteiger charge is -2.22. The molecule has 9 heteroatoms. The van der Waals surface area contributed by atoms with E-state index in [9.17, 15) is 0 Å². The van der Waals surface area contributed by atoms with Gasteiger partial charge in [0, 0.05) is 26.3 Å². The molecule has 1 aliphatic heterocycles. The van der Waals surface area contributed by atoms with E-state index in [2.05, 4.69) is 56.1 Å². The fraction of sp³-hybridized carbons (Fsp3) is 0.333. The largest absolute Gasteiger partial charge is 0.483 e. The van der Waals surface area contributed by atoms with Crippen LogP contribution in [0.4, 0.5) is 5.82 Å². The van der Waals surface area contributed by atoms with Crippen LogP contribution in [0.15, 0.2) is 42.9 Å². The van der Waals surface area contributed by atoms with Gasteiger partial charge in [-0.3, -0.25) is 14.5 Å². The molecule has 1 saturated heterocycles. The van der Waals surface area contributed by atoms with Gasteiger partial charge in [0.1, 0.15) is 11.8 Å². The molecule has 0 atom stereocenters. The van der Waals surface area contributed by atoms with Gasteiger partial charge in [0.05, 0.1) is 5.52 Å². The minimum absolute atomic E-state index is 0.250. The van der Waals surface area contributed by atoms with Crippen LogP contribution < -0.4 is 4.90 Å². The highest BCUT2D eigenvalue weighted by atomic mass is 16.3. The zero-order valence-electron chi connectivity index (χ0n) is 16.9. The number of anilines is 1. The van der Waals surface area contributed by atoms with Crippen LogP contribution in [0, 0.1) is 0 Å². The Kier molecular flexibility index (Phi) is 9.26. The number of H-pyrrole nitrogens is 1. The van der Waals surface area contributed by atoms with Gasteiger partial charge in [-0.15, -0.1) is 0 Å². The number of aromatic nitrogens is 3. The average Bonchev–Trinajstić information content (AvgIpc) is 3.42. The number of nitrogens with zero attached hydrogens (tertiary/aromatic N) is 4. The minimum Gasteiger partial charge on any atom is -0.483 e. The van der Waals surface area contributed by atoms with Crippen LogP contribution >= 0.6 is 0 Å². The molecule has 0 unspecified atom stereocenters. The Labute approximate surface area is 175 Å². The highest BCUT2D eigenvalue weighted by Crippen LogP contribution is 2.23. The highest BCUT2D eigenvalue weighted by molar-refractivity contribution is 5.85. The summed E-state index contributed by atoms with van der Waals surface area (Å²) in [6.07, 6.45) is 6.21. The Morgan fingerprint density at radius 3 is 2.37 bits per heavy atom. The van der Waals surface area contributed by atoms with Crippen LogP contribution in [0.3, 0.4) is 0 Å². The molecule has 2 aromatic heterocycles. The summed E-state index contributed by atoms with van der Waals surface area (Å²) in [4.78, 5) is 33.5. The fourth-order valence-corrected chi connectivity index (χ4v) is 3.53. The monoisotopic (exact) mass is 413 g/mol. The van der Waals surface area contributed by atoms with Gasteiger partial charge < -0.3 is 20.1 Å². The maximum Gasteiger partial charge on any atom is 0.290 e. The van der Waals surface area contributed by atoms with Gasteiger partial charge >= 0.3 is 0 Å². The van der Waals surface area contributed by atoms with E-state index < -0.39 is 0 Å². The van der Waals surface area contributed by atoms with Crippen LogP contribution in [-0.4, -0.2) is 63.1 Å². The quantitative estimate of drug-likeness (QED) is 0.546. The molecule has 0 saturated carbocycles. The first-order valence-electron chi connectivity index (χ1n) is 9.58. The number of hydrogen-bond acceptors (Lipinski definition) is 6. The van der Waals surface area contributed by atoms with E-state index in [1.54, 1.807) is 6.33 Å². The van der Waals surface area contributed by atoms with Gasteiger partial charge in [0.15, 0.2) is 5.82 Å². The van der Waals surface area contributed by atoms with Crippen molar-refractivity contribution >= 4 is 29.8 Å². The van der Waals surface area contributed by atoms with Crippen molar-refractivity contribution < 1.29 is 19.8 Å². The summed E-state index contributed by atoms with van der Waals surface area (Å²) in [5.41, 5.74) is 4.74. The lowest BCUT2D eigenvalue weighted by molar-refractivity contribution is -0.123. The van der Waals surface area contributed by atoms with Gasteiger partial charge in [-0.25, -0.2) is 9.97 Å². The molecule has 0 bridgehead atoms. The zero-order chi connectivity index (χ0) is 21.8. The Morgan fingerprint density at radius 2 is 1.70 bits per heavy atom. The van der Waals surface area contributed by atoms with Gasteiger partial charge in [-0.1, -0.05) is 24.3 Å². The number of benzene rings is 1. The molecular weight excluding hydrogens is 386 g/mol. The number of aromatic amines is 1. The topological polar surface area (TPSA) is 123 Å². The second-order valence-electron chi connectivity index (χ2n) is 6.75. The van der Waals surface area contributed by atoms with Crippen LogP contribution in [0.2, 0.25) is 0 Å². The first-order chi connectivity index (χ1) is 14.6. The average molecular weight is 413 g/mol. The summed E-state index contributed by atoms with van der Waals surface area (Å²) in [5, 5.41) is 13.8. The van der Waals surface area contributed by atoms with Crippen LogP contribution in [0.5, 0.6) is 0 Å². The smallest absolute Gasteiger partial charge is 0.290 e. The third kappa shape index (κ3) is 6.28. The predicted octanol–water partition coefficient (Wildman–Crippen LogP) is 2.59. The summed E-state index contributed by atoms with van der Waals surface area (Å²) in [6.45, 7) is 3.83. The predicted molar refractivity (Wildman–Crippen MR) is 114 cm³/mol. The van der Waals surface area contributed by atoms with Crippen LogP contribution in [-0.2, 0) is 22.7 Å². The molecule has 0 aliphatic carbocycles. The maximum absolute atomic E-state index is 8.36. The number of fused-ring (bicyclic) bond motifs is 1. The lowest BCUT2D eigenvalue weighted by atomic mass is 10.1. The molecule has 3 heterocycles. The third-order valence-electron chi connectivity index (χ3n) is 4.81. The molecule has 3 aromatic rings. The Balaban J connectivity index is 0.000000480. The van der Waals surface area contributed by atoms with E-state index in [4.69, 9.17) is 19.8 Å². The molecule has 0 radical (unpaired) electrons. The highest BCUT2D eigenvalue weighted by Gasteiger charge is 2.15. The molecule has 9 nitrogen and oxygen atoms in total. The molecule has 4 rings (SSSR count). The Bertz CT molecular complexity index is 918. The van der Waals surface area contributed by atoms with Crippen molar-refractivity contribution in [2.75, 3.05) is 25.0 Å². The maximum atomic E-state index is 8.36. The molecule has 1 aromatic carbocycles. The second kappa shape index (κ2) is 12.2. The SMILES string of the molecule is CN(Cc1ccccc1CN1CCCC1)c1ncnc2cc[nH]c12.O=CO.O=CO. The summed E-state index contributed by atoms with van der Waals surface area (Å²) >= 11 is 0. The molecule has 3 N–H and O–H groups in total. The number of carbonyl (C=O) groups is 2. The number of nitrogens with one attached hydrogen (secondary N) is 1.